The summed E-state index contributed by atoms with van der Waals surface area (Å²) in [5.41, 5.74) is 1.44. The van der Waals surface area contributed by atoms with E-state index in [1.165, 1.54) is 53.8 Å². The minimum atomic E-state index is -3.90. The predicted octanol–water partition coefficient (Wildman–Crippen LogP) is 5.22. The topological polar surface area (TPSA) is 131 Å². The first kappa shape index (κ1) is 26.6. The van der Waals surface area contributed by atoms with Gasteiger partial charge in [0, 0.05) is 21.2 Å². The summed E-state index contributed by atoms with van der Waals surface area (Å²) in [7, 11) is -3.90. The average Bonchev–Trinajstić information content (AvgIpc) is 3.22. The molecular weight excluding hydrogens is 538 g/mol. The van der Waals surface area contributed by atoms with Crippen LogP contribution >= 0.6 is 22.9 Å². The van der Waals surface area contributed by atoms with Crippen LogP contribution in [0, 0.1) is 0 Å². The third kappa shape index (κ3) is 6.30. The molecule has 3 aromatic rings. The van der Waals surface area contributed by atoms with E-state index >= 15 is 0 Å². The van der Waals surface area contributed by atoms with Crippen molar-refractivity contribution in [3.05, 3.63) is 75.1 Å². The highest BCUT2D eigenvalue weighted by molar-refractivity contribution is 7.92. The Morgan fingerprint density at radius 2 is 1.76 bits per heavy atom. The van der Waals surface area contributed by atoms with Gasteiger partial charge in [-0.3, -0.25) is 19.6 Å². The fourth-order valence-electron chi connectivity index (χ4n) is 3.94. The van der Waals surface area contributed by atoms with Crippen molar-refractivity contribution in [1.82, 2.24) is 5.32 Å². The zero-order chi connectivity index (χ0) is 26.6. The van der Waals surface area contributed by atoms with Gasteiger partial charge in [0.15, 0.2) is 0 Å². The van der Waals surface area contributed by atoms with Crippen LogP contribution in [0.25, 0.3) is 0 Å². The van der Waals surface area contributed by atoms with E-state index in [9.17, 15) is 22.8 Å². The lowest BCUT2D eigenvalue weighted by Crippen LogP contribution is -2.32. The number of ether oxygens (including phenoxy) is 1. The van der Waals surface area contributed by atoms with Gasteiger partial charge >= 0.3 is 6.09 Å². The van der Waals surface area contributed by atoms with Gasteiger partial charge in [0.1, 0.15) is 5.00 Å². The number of hydrogen-bond acceptors (Lipinski definition) is 7. The van der Waals surface area contributed by atoms with Crippen molar-refractivity contribution in [2.45, 2.75) is 37.5 Å². The van der Waals surface area contributed by atoms with Crippen molar-refractivity contribution < 1.29 is 27.5 Å². The van der Waals surface area contributed by atoms with Gasteiger partial charge in [-0.1, -0.05) is 17.7 Å². The van der Waals surface area contributed by atoms with Gasteiger partial charge in [0.05, 0.1) is 17.1 Å². The Bertz CT molecular complexity index is 1450. The number of sulfonamides is 1. The first-order valence-electron chi connectivity index (χ1n) is 11.5. The molecule has 0 radical (unpaired) electrons. The van der Waals surface area contributed by atoms with Gasteiger partial charge in [-0.05, 0) is 80.6 Å². The Kier molecular flexibility index (Phi) is 8.16. The second kappa shape index (κ2) is 11.3. The molecule has 37 heavy (non-hydrogen) atoms. The number of halogens is 1. The van der Waals surface area contributed by atoms with Crippen LogP contribution in [0.2, 0.25) is 5.02 Å². The molecule has 0 atom stereocenters. The van der Waals surface area contributed by atoms with Gasteiger partial charge in [-0.15, -0.1) is 11.3 Å². The molecule has 3 N–H and O–H groups in total. The van der Waals surface area contributed by atoms with Crippen LogP contribution in [-0.4, -0.2) is 32.9 Å². The molecule has 1 heterocycles. The second-order valence-electron chi connectivity index (χ2n) is 8.18. The number of hydrogen-bond donors (Lipinski definition) is 3. The quantitative estimate of drug-likeness (QED) is 0.362. The fourth-order valence-corrected chi connectivity index (χ4v) is 6.40. The van der Waals surface area contributed by atoms with E-state index in [2.05, 4.69) is 15.4 Å². The number of fused-ring (bicyclic) bond motifs is 1. The number of aryl methyl sites for hydroxylation is 1. The molecule has 4 rings (SSSR count). The Labute approximate surface area is 223 Å². The molecule has 0 bridgehead atoms. The molecule has 194 valence electrons. The summed E-state index contributed by atoms with van der Waals surface area (Å²) in [6.07, 6.45) is 2.44. The molecule has 1 aliphatic rings. The van der Waals surface area contributed by atoms with Crippen molar-refractivity contribution >= 4 is 61.6 Å². The normalized spacial score (nSPS) is 12.8. The zero-order valence-electron chi connectivity index (χ0n) is 19.8. The molecule has 0 unspecified atom stereocenters. The number of nitrogens with one attached hydrogen (secondary N) is 3. The molecule has 0 spiro atoms. The number of thiophene rings is 1. The summed E-state index contributed by atoms with van der Waals surface area (Å²) in [6.45, 7) is 1.74. The third-order valence-electron chi connectivity index (χ3n) is 5.62. The summed E-state index contributed by atoms with van der Waals surface area (Å²) < 4.78 is 32.7. The van der Waals surface area contributed by atoms with Crippen LogP contribution in [0.5, 0.6) is 0 Å². The first-order chi connectivity index (χ1) is 17.7. The number of anilines is 2. The number of benzene rings is 2. The molecule has 12 heteroatoms. The van der Waals surface area contributed by atoms with E-state index in [1.807, 2.05) is 0 Å². The lowest BCUT2D eigenvalue weighted by Gasteiger charge is -2.13. The van der Waals surface area contributed by atoms with Gasteiger partial charge in [0.2, 0.25) is 0 Å². The van der Waals surface area contributed by atoms with Gasteiger partial charge in [-0.2, -0.15) is 0 Å². The van der Waals surface area contributed by atoms with Gasteiger partial charge in [-0.25, -0.2) is 13.2 Å². The fraction of sp³-hybridized carbons (Fsp3) is 0.240. The number of alkyl carbamates (subject to hydrolysis) is 1. The highest BCUT2D eigenvalue weighted by Crippen LogP contribution is 2.38. The molecule has 1 aliphatic carbocycles. The van der Waals surface area contributed by atoms with Crippen LogP contribution in [0.1, 0.15) is 50.9 Å². The summed E-state index contributed by atoms with van der Waals surface area (Å²) in [5, 5.41) is 5.71. The van der Waals surface area contributed by atoms with Crippen LogP contribution in [0.3, 0.4) is 0 Å². The molecule has 3 amide bonds. The number of amides is 3. The Hall–Kier alpha value is -3.41. The minimum Gasteiger partial charge on any atom is -0.450 e. The van der Waals surface area contributed by atoms with E-state index in [0.717, 1.165) is 29.7 Å². The molecule has 0 aliphatic heterocycles. The molecular formula is C25H24ClN3O6S2. The maximum Gasteiger partial charge on any atom is 0.414 e. The van der Waals surface area contributed by atoms with Crippen molar-refractivity contribution in [2.24, 2.45) is 0 Å². The lowest BCUT2D eigenvalue weighted by molar-refractivity contribution is 0.0925. The van der Waals surface area contributed by atoms with Crippen molar-refractivity contribution in [3.8, 4) is 0 Å². The van der Waals surface area contributed by atoms with Gasteiger partial charge in [0.25, 0.3) is 21.8 Å². The monoisotopic (exact) mass is 561 g/mol. The second-order valence-corrected chi connectivity index (χ2v) is 11.4. The summed E-state index contributed by atoms with van der Waals surface area (Å²) in [5.74, 6) is -1.17. The first-order valence-corrected chi connectivity index (χ1v) is 14.2. The average molecular weight is 562 g/mol. The smallest absolute Gasteiger partial charge is 0.414 e. The molecule has 2 aromatic carbocycles. The van der Waals surface area contributed by atoms with Crippen molar-refractivity contribution in [3.63, 3.8) is 0 Å². The van der Waals surface area contributed by atoms with Crippen LogP contribution < -0.4 is 15.4 Å². The van der Waals surface area contributed by atoms with E-state index in [-0.39, 0.29) is 28.3 Å². The lowest BCUT2D eigenvalue weighted by atomic mass is 9.95. The molecule has 9 nitrogen and oxygen atoms in total. The zero-order valence-corrected chi connectivity index (χ0v) is 22.2. The standard InChI is InChI=1S/C25H24ClN3O6S2/c1-2-35-25(32)28-23(31)21-19-8-3-4-9-20(19)36-24(21)27-22(30)15-6-5-7-17(14-15)29-37(33,34)18-12-10-16(26)11-13-18/h5-7,10-14,29H,2-4,8-9H2,1H3,(H,27,30)(H,28,31,32). The number of imide groups is 1. The van der Waals surface area contributed by atoms with Crippen LogP contribution in [-0.2, 0) is 27.6 Å². The molecule has 0 saturated carbocycles. The van der Waals surface area contributed by atoms with Crippen LogP contribution in [0.15, 0.2) is 53.4 Å². The highest BCUT2D eigenvalue weighted by atomic mass is 35.5. The number of rotatable bonds is 7. The van der Waals surface area contributed by atoms with Gasteiger partial charge < -0.3 is 10.1 Å². The SMILES string of the molecule is CCOC(=O)NC(=O)c1c(NC(=O)c2cccc(NS(=O)(=O)c3ccc(Cl)cc3)c2)sc2c1CCCC2. The molecule has 0 saturated heterocycles. The predicted molar refractivity (Wildman–Crippen MR) is 142 cm³/mol. The number of carbonyl (C=O) groups excluding carboxylic acids is 3. The molecule has 0 fully saturated rings. The maximum atomic E-state index is 13.1. The maximum absolute atomic E-state index is 13.1. The Balaban J connectivity index is 1.56. The van der Waals surface area contributed by atoms with Crippen molar-refractivity contribution in [2.75, 3.05) is 16.6 Å². The van der Waals surface area contributed by atoms with E-state index in [0.29, 0.717) is 16.4 Å². The largest absolute Gasteiger partial charge is 0.450 e. The van der Waals surface area contributed by atoms with E-state index < -0.39 is 27.9 Å². The minimum absolute atomic E-state index is 0.0215. The number of carbonyl (C=O) groups is 3. The summed E-state index contributed by atoms with van der Waals surface area (Å²) >= 11 is 7.14. The Morgan fingerprint density at radius 3 is 2.49 bits per heavy atom. The summed E-state index contributed by atoms with van der Waals surface area (Å²) in [4.78, 5) is 38.9. The Morgan fingerprint density at radius 1 is 1.03 bits per heavy atom. The molecule has 1 aromatic heterocycles. The van der Waals surface area contributed by atoms with E-state index in [1.54, 1.807) is 13.0 Å². The van der Waals surface area contributed by atoms with Crippen molar-refractivity contribution in [1.29, 1.82) is 0 Å². The van der Waals surface area contributed by atoms with E-state index in [4.69, 9.17) is 16.3 Å². The third-order valence-corrected chi connectivity index (χ3v) is 8.47. The summed E-state index contributed by atoms with van der Waals surface area (Å²) in [6, 6.07) is 11.7. The van der Waals surface area contributed by atoms with Crippen LogP contribution in [0.4, 0.5) is 15.5 Å². The highest BCUT2D eigenvalue weighted by Gasteiger charge is 2.28.